The molecule has 0 aromatic rings. The van der Waals surface area contributed by atoms with E-state index in [4.69, 9.17) is 5.11 Å². The Morgan fingerprint density at radius 3 is 2.17 bits per heavy atom. The molecule has 0 amide bonds. The molecule has 4 nitrogen and oxygen atoms in total. The molecule has 2 aliphatic rings. The van der Waals surface area contributed by atoms with Crippen LogP contribution in [0.4, 0.5) is 0 Å². The van der Waals surface area contributed by atoms with Crippen molar-refractivity contribution in [2.24, 2.45) is 11.8 Å². The van der Waals surface area contributed by atoms with Crippen LogP contribution in [0.2, 0.25) is 0 Å². The van der Waals surface area contributed by atoms with Gasteiger partial charge in [0.15, 0.2) is 0 Å². The van der Waals surface area contributed by atoms with Crippen LogP contribution >= 0.6 is 0 Å². The van der Waals surface area contributed by atoms with Crippen molar-refractivity contribution in [3.05, 3.63) is 11.1 Å². The Hall–Kier alpha value is -1.32. The van der Waals surface area contributed by atoms with Gasteiger partial charge in [-0.1, -0.05) is 17.6 Å². The first-order chi connectivity index (χ1) is 8.59. The van der Waals surface area contributed by atoms with Gasteiger partial charge in [-0.05, 0) is 44.9 Å². The lowest BCUT2D eigenvalue weighted by atomic mass is 9.74. The third-order valence-electron chi connectivity index (χ3n) is 4.25. The van der Waals surface area contributed by atoms with Crippen LogP contribution in [0.5, 0.6) is 0 Å². The predicted octanol–water partition coefficient (Wildman–Crippen LogP) is 2.83. The van der Waals surface area contributed by atoms with Crippen molar-refractivity contribution in [2.75, 3.05) is 0 Å². The fourth-order valence-corrected chi connectivity index (χ4v) is 3.23. The Morgan fingerprint density at radius 1 is 0.944 bits per heavy atom. The summed E-state index contributed by atoms with van der Waals surface area (Å²) in [5, 5.41) is 18.4. The summed E-state index contributed by atoms with van der Waals surface area (Å²) in [5.74, 6) is -2.39. The van der Waals surface area contributed by atoms with Crippen molar-refractivity contribution >= 4 is 11.9 Å². The van der Waals surface area contributed by atoms with Crippen molar-refractivity contribution in [3.63, 3.8) is 0 Å². The van der Waals surface area contributed by atoms with E-state index in [0.29, 0.717) is 19.3 Å². The molecule has 2 aliphatic carbocycles. The van der Waals surface area contributed by atoms with Crippen molar-refractivity contribution in [1.29, 1.82) is 0 Å². The molecule has 0 aromatic carbocycles. The molecule has 0 radical (unpaired) electrons. The topological polar surface area (TPSA) is 74.6 Å². The van der Waals surface area contributed by atoms with Gasteiger partial charge in [0.05, 0.1) is 11.8 Å². The number of hydrogen-bond donors (Lipinski definition) is 2. The number of carboxylic acids is 2. The zero-order chi connectivity index (χ0) is 13.1. The van der Waals surface area contributed by atoms with E-state index in [2.05, 4.69) is 0 Å². The van der Waals surface area contributed by atoms with Crippen LogP contribution in [0.3, 0.4) is 0 Å². The summed E-state index contributed by atoms with van der Waals surface area (Å²) >= 11 is 0. The molecule has 2 unspecified atom stereocenters. The third-order valence-corrected chi connectivity index (χ3v) is 4.25. The van der Waals surface area contributed by atoms with E-state index in [9.17, 15) is 14.7 Å². The Balaban J connectivity index is 2.24. The number of allylic oxidation sites excluding steroid dienone is 1. The quantitative estimate of drug-likeness (QED) is 0.741. The molecule has 2 N–H and O–H groups in total. The predicted molar refractivity (Wildman–Crippen MR) is 66.2 cm³/mol. The largest absolute Gasteiger partial charge is 0.481 e. The van der Waals surface area contributed by atoms with Gasteiger partial charge in [-0.25, -0.2) is 0 Å². The van der Waals surface area contributed by atoms with E-state index in [0.717, 1.165) is 31.3 Å². The summed E-state index contributed by atoms with van der Waals surface area (Å²) in [6.07, 6.45) is 6.77. The number of carboxylic acid groups (broad SMARTS) is 2. The molecule has 0 saturated heterocycles. The Kier molecular flexibility index (Phi) is 4.04. The van der Waals surface area contributed by atoms with Crippen LogP contribution in [0.25, 0.3) is 0 Å². The van der Waals surface area contributed by atoms with Crippen LogP contribution in [0, 0.1) is 11.8 Å². The number of rotatable bonds is 2. The molecule has 18 heavy (non-hydrogen) atoms. The fraction of sp³-hybridized carbons (Fsp3) is 0.714. The summed E-state index contributed by atoms with van der Waals surface area (Å²) < 4.78 is 0. The summed E-state index contributed by atoms with van der Waals surface area (Å²) in [4.78, 5) is 22.4. The molecule has 2 rings (SSSR count). The SMILES string of the molecule is O=C(O)C1CCC(C(=O)O)C(=C2CCCCC2)C1. The highest BCUT2D eigenvalue weighted by Crippen LogP contribution is 2.39. The zero-order valence-corrected chi connectivity index (χ0v) is 10.5. The first-order valence-corrected chi connectivity index (χ1v) is 6.76. The molecular formula is C14H20O4. The van der Waals surface area contributed by atoms with E-state index >= 15 is 0 Å². The minimum atomic E-state index is -0.785. The van der Waals surface area contributed by atoms with Gasteiger partial charge in [0.1, 0.15) is 0 Å². The van der Waals surface area contributed by atoms with Crippen molar-refractivity contribution in [2.45, 2.75) is 51.4 Å². The van der Waals surface area contributed by atoms with E-state index in [1.165, 1.54) is 12.0 Å². The van der Waals surface area contributed by atoms with E-state index < -0.39 is 17.9 Å². The average Bonchev–Trinajstić information content (AvgIpc) is 2.39. The number of aliphatic carboxylic acids is 2. The lowest BCUT2D eigenvalue weighted by Crippen LogP contribution is -2.29. The first-order valence-electron chi connectivity index (χ1n) is 6.76. The van der Waals surface area contributed by atoms with Crippen molar-refractivity contribution < 1.29 is 19.8 Å². The summed E-state index contributed by atoms with van der Waals surface area (Å²) in [7, 11) is 0. The number of carbonyl (C=O) groups is 2. The molecule has 2 atom stereocenters. The standard InChI is InChI=1S/C14H20O4/c15-13(16)10-6-7-11(14(17)18)12(8-10)9-4-2-1-3-5-9/h10-11H,1-8H2,(H,15,16)(H,17,18). The Bertz CT molecular complexity index is 375. The van der Waals surface area contributed by atoms with Crippen molar-refractivity contribution in [1.82, 2.24) is 0 Å². The maximum atomic E-state index is 11.3. The molecular weight excluding hydrogens is 232 g/mol. The molecule has 0 heterocycles. The lowest BCUT2D eigenvalue weighted by molar-refractivity contribution is -0.146. The average molecular weight is 252 g/mol. The monoisotopic (exact) mass is 252 g/mol. The third kappa shape index (κ3) is 2.74. The minimum Gasteiger partial charge on any atom is -0.481 e. The van der Waals surface area contributed by atoms with Gasteiger partial charge < -0.3 is 10.2 Å². The van der Waals surface area contributed by atoms with Gasteiger partial charge in [-0.2, -0.15) is 0 Å². The summed E-state index contributed by atoms with van der Waals surface area (Å²) in [6, 6.07) is 0. The molecule has 100 valence electrons. The molecule has 0 aromatic heterocycles. The normalized spacial score (nSPS) is 29.1. The first kappa shape index (κ1) is 13.1. The van der Waals surface area contributed by atoms with Crippen molar-refractivity contribution in [3.8, 4) is 0 Å². The van der Waals surface area contributed by atoms with Crippen LogP contribution in [-0.4, -0.2) is 22.2 Å². The molecule has 0 aliphatic heterocycles. The second-order valence-corrected chi connectivity index (χ2v) is 5.40. The Morgan fingerprint density at radius 2 is 1.61 bits per heavy atom. The van der Waals surface area contributed by atoms with Gasteiger partial charge in [0.25, 0.3) is 0 Å². The van der Waals surface area contributed by atoms with E-state index in [-0.39, 0.29) is 5.92 Å². The molecule has 4 heteroatoms. The van der Waals surface area contributed by atoms with Gasteiger partial charge >= 0.3 is 11.9 Å². The van der Waals surface area contributed by atoms with Crippen LogP contribution in [0.1, 0.15) is 51.4 Å². The van der Waals surface area contributed by atoms with Gasteiger partial charge in [-0.15, -0.1) is 0 Å². The maximum absolute atomic E-state index is 11.3. The highest BCUT2D eigenvalue weighted by Gasteiger charge is 2.35. The molecule has 2 fully saturated rings. The summed E-state index contributed by atoms with van der Waals surface area (Å²) in [5.41, 5.74) is 2.17. The fourth-order valence-electron chi connectivity index (χ4n) is 3.23. The number of hydrogen-bond acceptors (Lipinski definition) is 2. The smallest absolute Gasteiger partial charge is 0.310 e. The highest BCUT2D eigenvalue weighted by molar-refractivity contribution is 5.76. The van der Waals surface area contributed by atoms with E-state index in [1.54, 1.807) is 0 Å². The minimum absolute atomic E-state index is 0.384. The maximum Gasteiger partial charge on any atom is 0.310 e. The zero-order valence-electron chi connectivity index (χ0n) is 10.5. The van der Waals surface area contributed by atoms with Gasteiger partial charge in [-0.3, -0.25) is 9.59 Å². The van der Waals surface area contributed by atoms with Crippen LogP contribution in [0.15, 0.2) is 11.1 Å². The van der Waals surface area contributed by atoms with Gasteiger partial charge in [0, 0.05) is 0 Å². The van der Waals surface area contributed by atoms with E-state index in [1.807, 2.05) is 0 Å². The van der Waals surface area contributed by atoms with Crippen LogP contribution < -0.4 is 0 Å². The lowest BCUT2D eigenvalue weighted by Gasteiger charge is -2.30. The summed E-state index contributed by atoms with van der Waals surface area (Å²) in [6.45, 7) is 0. The Labute approximate surface area is 107 Å². The molecule has 0 bridgehead atoms. The molecule has 2 saturated carbocycles. The highest BCUT2D eigenvalue weighted by atomic mass is 16.4. The second kappa shape index (κ2) is 5.55. The molecule has 0 spiro atoms. The second-order valence-electron chi connectivity index (χ2n) is 5.40. The van der Waals surface area contributed by atoms with Gasteiger partial charge in [0.2, 0.25) is 0 Å². The van der Waals surface area contributed by atoms with Crippen LogP contribution in [-0.2, 0) is 9.59 Å².